The number of halogens is 2. The first kappa shape index (κ1) is 22.9. The van der Waals surface area contributed by atoms with Gasteiger partial charge in [0.05, 0.1) is 29.5 Å². The summed E-state index contributed by atoms with van der Waals surface area (Å²) < 4.78 is 25.6. The Kier molecular flexibility index (Phi) is 6.59. The van der Waals surface area contributed by atoms with E-state index >= 15 is 0 Å². The number of rotatable bonds is 5. The highest BCUT2D eigenvalue weighted by atomic mass is 35.5. The highest BCUT2D eigenvalue weighted by Gasteiger charge is 2.30. The number of ether oxygens (including phenoxy) is 2. The minimum Gasteiger partial charge on any atom is -0.459 e. The van der Waals surface area contributed by atoms with Gasteiger partial charge in [0, 0.05) is 27.0 Å². The van der Waals surface area contributed by atoms with Crippen molar-refractivity contribution in [1.29, 1.82) is 0 Å². The van der Waals surface area contributed by atoms with E-state index in [-0.39, 0.29) is 35.7 Å². The van der Waals surface area contributed by atoms with Crippen molar-refractivity contribution in [3.05, 3.63) is 88.2 Å². The van der Waals surface area contributed by atoms with E-state index < -0.39 is 11.8 Å². The van der Waals surface area contributed by atoms with Gasteiger partial charge in [-0.25, -0.2) is 9.18 Å². The molecule has 1 amide bonds. The summed E-state index contributed by atoms with van der Waals surface area (Å²) in [5.74, 6) is -1.30. The number of amides is 1. The molecule has 0 spiro atoms. The quantitative estimate of drug-likeness (QED) is 0.397. The molecule has 0 aliphatic carbocycles. The third-order valence-electron chi connectivity index (χ3n) is 5.87. The second-order valence-corrected chi connectivity index (χ2v) is 9.60. The van der Waals surface area contributed by atoms with Crippen LogP contribution in [0.3, 0.4) is 0 Å². The van der Waals surface area contributed by atoms with Crippen LogP contribution in [0.2, 0.25) is 5.02 Å². The average molecular weight is 498 g/mol. The number of nitrogens with zero attached hydrogens (tertiary/aromatic N) is 1. The molecule has 0 bridgehead atoms. The number of benzene rings is 3. The summed E-state index contributed by atoms with van der Waals surface area (Å²) in [5.41, 5.74) is 1.51. The van der Waals surface area contributed by atoms with Crippen molar-refractivity contribution in [2.75, 3.05) is 18.1 Å². The van der Waals surface area contributed by atoms with E-state index in [1.807, 2.05) is 12.1 Å². The van der Waals surface area contributed by atoms with Gasteiger partial charge < -0.3 is 14.4 Å². The van der Waals surface area contributed by atoms with Crippen molar-refractivity contribution in [3.63, 3.8) is 0 Å². The van der Waals surface area contributed by atoms with Gasteiger partial charge in [0.25, 0.3) is 5.91 Å². The molecule has 2 heterocycles. The van der Waals surface area contributed by atoms with E-state index in [9.17, 15) is 14.0 Å². The summed E-state index contributed by atoms with van der Waals surface area (Å²) in [5, 5.41) is 0.228. The topological polar surface area (TPSA) is 55.8 Å². The third-order valence-corrected chi connectivity index (χ3v) is 7.37. The smallest absolute Gasteiger partial charge is 0.338 e. The van der Waals surface area contributed by atoms with Gasteiger partial charge >= 0.3 is 5.97 Å². The fraction of sp³-hybridized carbons (Fsp3) is 0.231. The average Bonchev–Trinajstić information content (AvgIpc) is 3.33. The van der Waals surface area contributed by atoms with Crippen LogP contribution >= 0.6 is 23.4 Å². The van der Waals surface area contributed by atoms with E-state index in [1.54, 1.807) is 36.4 Å². The van der Waals surface area contributed by atoms with Crippen molar-refractivity contribution in [2.24, 2.45) is 0 Å². The molecule has 1 saturated heterocycles. The van der Waals surface area contributed by atoms with Crippen LogP contribution in [0.25, 0.3) is 0 Å². The van der Waals surface area contributed by atoms with Crippen molar-refractivity contribution >= 4 is 40.9 Å². The molecule has 1 fully saturated rings. The van der Waals surface area contributed by atoms with Crippen LogP contribution < -0.4 is 4.90 Å². The molecule has 1 atom stereocenters. The first-order valence-corrected chi connectivity index (χ1v) is 12.1. The number of carbonyl (C=O) groups excluding carboxylic acids is 2. The zero-order valence-corrected chi connectivity index (χ0v) is 19.7. The molecule has 0 saturated carbocycles. The maximum atomic E-state index is 14.6. The fourth-order valence-corrected chi connectivity index (χ4v) is 5.35. The van der Waals surface area contributed by atoms with E-state index in [1.165, 1.54) is 28.8 Å². The Bertz CT molecular complexity index is 1240. The van der Waals surface area contributed by atoms with Gasteiger partial charge in [0.2, 0.25) is 0 Å². The van der Waals surface area contributed by atoms with Crippen LogP contribution in [0.15, 0.2) is 70.5 Å². The molecule has 5 nitrogen and oxygen atoms in total. The third kappa shape index (κ3) is 4.56. The lowest BCUT2D eigenvalue weighted by Crippen LogP contribution is -2.31. The normalized spacial score (nSPS) is 17.2. The predicted octanol–water partition coefficient (Wildman–Crippen LogP) is 6.13. The van der Waals surface area contributed by atoms with Crippen molar-refractivity contribution in [1.82, 2.24) is 0 Å². The highest BCUT2D eigenvalue weighted by molar-refractivity contribution is 7.99. The van der Waals surface area contributed by atoms with Gasteiger partial charge in [-0.15, -0.1) is 0 Å². The fourth-order valence-electron chi connectivity index (χ4n) is 4.07. The summed E-state index contributed by atoms with van der Waals surface area (Å²) in [4.78, 5) is 29.4. The SMILES string of the molecule is O=C(OCC1CCCO1)c1ccc2c(c1)N(Cc1c(F)cccc1Cl)C(=O)c1ccccc1S2. The minimum atomic E-state index is -0.501. The Morgan fingerprint density at radius 2 is 2.00 bits per heavy atom. The van der Waals surface area contributed by atoms with E-state index in [0.717, 1.165) is 22.6 Å². The minimum absolute atomic E-state index is 0.0827. The largest absolute Gasteiger partial charge is 0.459 e. The second kappa shape index (κ2) is 9.78. The van der Waals surface area contributed by atoms with Crippen LogP contribution in [0.1, 0.15) is 39.1 Å². The lowest BCUT2D eigenvalue weighted by molar-refractivity contribution is 0.0161. The van der Waals surface area contributed by atoms with Crippen molar-refractivity contribution in [3.8, 4) is 0 Å². The van der Waals surface area contributed by atoms with Gasteiger partial charge in [-0.3, -0.25) is 4.79 Å². The monoisotopic (exact) mass is 497 g/mol. The molecule has 174 valence electrons. The van der Waals surface area contributed by atoms with Gasteiger partial charge in [0.15, 0.2) is 0 Å². The standard InChI is InChI=1S/C26H21ClFNO4S/c27-20-7-3-8-21(28)19(20)14-29-22-13-16(26(31)33-15-17-5-4-12-32-17)10-11-24(22)34-23-9-2-1-6-18(23)25(29)30/h1-3,6-11,13,17H,4-5,12,14-15H2. The number of hydrogen-bond acceptors (Lipinski definition) is 5. The maximum Gasteiger partial charge on any atom is 0.338 e. The summed E-state index contributed by atoms with van der Waals surface area (Å²) in [6.07, 6.45) is 1.73. The first-order chi connectivity index (χ1) is 16.5. The molecular weight excluding hydrogens is 477 g/mol. The van der Waals surface area contributed by atoms with Crippen molar-refractivity contribution < 1.29 is 23.5 Å². The highest BCUT2D eigenvalue weighted by Crippen LogP contribution is 2.42. The molecule has 0 N–H and O–H groups in total. The Morgan fingerprint density at radius 3 is 2.79 bits per heavy atom. The van der Waals surface area contributed by atoms with Gasteiger partial charge in [-0.1, -0.05) is 41.6 Å². The molecule has 8 heteroatoms. The molecular formula is C26H21ClFNO4S. The molecule has 34 heavy (non-hydrogen) atoms. The van der Waals surface area contributed by atoms with E-state index in [0.29, 0.717) is 23.4 Å². The maximum absolute atomic E-state index is 14.6. The predicted molar refractivity (Wildman–Crippen MR) is 128 cm³/mol. The Hall–Kier alpha value is -2.87. The summed E-state index contributed by atoms with van der Waals surface area (Å²) >= 11 is 7.70. The Balaban J connectivity index is 1.52. The number of hydrogen-bond donors (Lipinski definition) is 0. The van der Waals surface area contributed by atoms with E-state index in [4.69, 9.17) is 21.1 Å². The lowest BCUT2D eigenvalue weighted by atomic mass is 10.1. The zero-order chi connectivity index (χ0) is 23.7. The van der Waals surface area contributed by atoms with Crippen LogP contribution in [0.5, 0.6) is 0 Å². The molecule has 2 aliphatic rings. The van der Waals surface area contributed by atoms with Gasteiger partial charge in [0.1, 0.15) is 12.4 Å². The molecule has 1 unspecified atom stereocenters. The summed E-state index contributed by atoms with van der Waals surface area (Å²) in [6, 6.07) is 16.8. The summed E-state index contributed by atoms with van der Waals surface area (Å²) in [6.45, 7) is 0.777. The molecule has 0 radical (unpaired) electrons. The second-order valence-electron chi connectivity index (χ2n) is 8.11. The van der Waals surface area contributed by atoms with Gasteiger partial charge in [-0.2, -0.15) is 0 Å². The van der Waals surface area contributed by atoms with Gasteiger partial charge in [-0.05, 0) is 55.3 Å². The van der Waals surface area contributed by atoms with Crippen LogP contribution in [-0.2, 0) is 16.0 Å². The van der Waals surface area contributed by atoms with Crippen LogP contribution in [0.4, 0.5) is 10.1 Å². The Labute approximate surface area is 205 Å². The van der Waals surface area contributed by atoms with E-state index in [2.05, 4.69) is 0 Å². The first-order valence-electron chi connectivity index (χ1n) is 11.0. The van der Waals surface area contributed by atoms with Crippen LogP contribution in [0, 0.1) is 5.82 Å². The zero-order valence-electron chi connectivity index (χ0n) is 18.1. The van der Waals surface area contributed by atoms with Crippen molar-refractivity contribution in [2.45, 2.75) is 35.3 Å². The number of esters is 1. The summed E-state index contributed by atoms with van der Waals surface area (Å²) in [7, 11) is 0. The number of anilines is 1. The number of fused-ring (bicyclic) bond motifs is 2. The molecule has 3 aromatic rings. The molecule has 0 aromatic heterocycles. The van der Waals surface area contributed by atoms with Crippen LogP contribution in [-0.4, -0.2) is 31.2 Å². The molecule has 2 aliphatic heterocycles. The molecule has 3 aromatic carbocycles. The number of carbonyl (C=O) groups is 2. The Morgan fingerprint density at radius 1 is 1.15 bits per heavy atom. The molecule has 5 rings (SSSR count). The lowest BCUT2D eigenvalue weighted by Gasteiger charge is -2.24.